The second-order valence-electron chi connectivity index (χ2n) is 7.95. The first-order chi connectivity index (χ1) is 15.9. The number of hydrogen-bond acceptors (Lipinski definition) is 7. The van der Waals surface area contributed by atoms with E-state index in [0.29, 0.717) is 5.56 Å². The predicted octanol–water partition coefficient (Wildman–Crippen LogP) is 1.69. The molecule has 34 heavy (non-hydrogen) atoms. The van der Waals surface area contributed by atoms with Crippen molar-refractivity contribution in [1.29, 1.82) is 0 Å². The minimum atomic E-state index is -4.68. The molecule has 3 atom stereocenters. The Morgan fingerprint density at radius 3 is 2.47 bits per heavy atom. The Labute approximate surface area is 192 Å². The molecular formula is C21H20F3N5O4S. The normalized spacial score (nSPS) is 22.9. The number of carbonyl (C=O) groups excluding carboxylic acids is 2. The molecule has 2 amide bonds. The molecule has 180 valence electrons. The number of benzene rings is 1. The number of sulfone groups is 1. The molecule has 3 unspecified atom stereocenters. The van der Waals surface area contributed by atoms with Crippen LogP contribution in [0.2, 0.25) is 0 Å². The lowest BCUT2D eigenvalue weighted by molar-refractivity contribution is -0.161. The van der Waals surface area contributed by atoms with Crippen LogP contribution in [0.1, 0.15) is 18.4 Å². The number of allylic oxidation sites excluding steroid dienone is 1. The van der Waals surface area contributed by atoms with Crippen molar-refractivity contribution in [3.63, 3.8) is 0 Å². The van der Waals surface area contributed by atoms with Crippen molar-refractivity contribution in [3.05, 3.63) is 65.6 Å². The third-order valence-electron chi connectivity index (χ3n) is 5.62. The summed E-state index contributed by atoms with van der Waals surface area (Å²) in [6.45, 7) is 1.40. The van der Waals surface area contributed by atoms with Gasteiger partial charge in [0.05, 0.1) is 22.7 Å². The van der Waals surface area contributed by atoms with E-state index >= 15 is 0 Å². The summed E-state index contributed by atoms with van der Waals surface area (Å²) in [4.78, 5) is 29.7. The molecule has 2 aliphatic heterocycles. The molecule has 1 aromatic heterocycles. The fourth-order valence-corrected chi connectivity index (χ4v) is 4.96. The average Bonchev–Trinajstić information content (AvgIpc) is 3.14. The van der Waals surface area contributed by atoms with Gasteiger partial charge >= 0.3 is 6.18 Å². The maximum Gasteiger partial charge on any atom is 0.406 e. The van der Waals surface area contributed by atoms with Gasteiger partial charge in [0.15, 0.2) is 9.84 Å². The highest BCUT2D eigenvalue weighted by Gasteiger charge is 2.58. The Hall–Kier alpha value is -3.45. The van der Waals surface area contributed by atoms with Crippen molar-refractivity contribution >= 4 is 27.3 Å². The third kappa shape index (κ3) is 4.23. The van der Waals surface area contributed by atoms with E-state index in [1.807, 2.05) is 0 Å². The van der Waals surface area contributed by atoms with E-state index in [2.05, 4.69) is 21.0 Å². The zero-order valence-electron chi connectivity index (χ0n) is 17.9. The molecule has 4 rings (SSSR count). The highest BCUT2D eigenvalue weighted by atomic mass is 32.2. The quantitative estimate of drug-likeness (QED) is 0.552. The maximum absolute atomic E-state index is 13.9. The van der Waals surface area contributed by atoms with Gasteiger partial charge in [0.1, 0.15) is 17.8 Å². The summed E-state index contributed by atoms with van der Waals surface area (Å²) in [7, 11) is -3.73. The molecule has 0 saturated carbocycles. The zero-order chi connectivity index (χ0) is 24.8. The Morgan fingerprint density at radius 1 is 1.18 bits per heavy atom. The van der Waals surface area contributed by atoms with Gasteiger partial charge in [-0.05, 0) is 18.6 Å². The number of amides is 2. The summed E-state index contributed by atoms with van der Waals surface area (Å²) in [6, 6.07) is 7.05. The van der Waals surface area contributed by atoms with Crippen molar-refractivity contribution in [3.8, 4) is 0 Å². The number of fused-ring (bicyclic) bond motifs is 1. The number of halogens is 3. The summed E-state index contributed by atoms with van der Waals surface area (Å²) in [6.07, 6.45) is -2.52. The first-order valence-corrected chi connectivity index (χ1v) is 11.9. The summed E-state index contributed by atoms with van der Waals surface area (Å²) in [5.41, 5.74) is 2.01. The van der Waals surface area contributed by atoms with E-state index in [4.69, 9.17) is 0 Å². The lowest BCUT2D eigenvalue weighted by Crippen LogP contribution is -2.56. The van der Waals surface area contributed by atoms with E-state index in [0.717, 1.165) is 17.5 Å². The maximum atomic E-state index is 13.9. The van der Waals surface area contributed by atoms with Gasteiger partial charge in [0.25, 0.3) is 11.8 Å². The number of nitrogens with one attached hydrogen (secondary N) is 3. The SMILES string of the molecule is CC1=C(C(=O)Nc2cnccc2S(C)(=O)=O)C(=O)N2NC(C(F)(F)F)C(c3ccccc3)C2N1. The van der Waals surface area contributed by atoms with E-state index in [9.17, 15) is 31.2 Å². The van der Waals surface area contributed by atoms with E-state index in [1.165, 1.54) is 31.3 Å². The van der Waals surface area contributed by atoms with Crippen LogP contribution in [0.15, 0.2) is 65.0 Å². The van der Waals surface area contributed by atoms with Crippen LogP contribution in [0.5, 0.6) is 0 Å². The van der Waals surface area contributed by atoms with Crippen LogP contribution in [0.25, 0.3) is 0 Å². The highest BCUT2D eigenvalue weighted by Crippen LogP contribution is 2.41. The van der Waals surface area contributed by atoms with E-state index in [-0.39, 0.29) is 16.3 Å². The Balaban J connectivity index is 1.68. The van der Waals surface area contributed by atoms with Crippen LogP contribution >= 0.6 is 0 Å². The number of hydrogen-bond donors (Lipinski definition) is 3. The van der Waals surface area contributed by atoms with Gasteiger partial charge in [0, 0.05) is 18.1 Å². The molecule has 2 aromatic rings. The van der Waals surface area contributed by atoms with Crippen LogP contribution in [0, 0.1) is 0 Å². The van der Waals surface area contributed by atoms with Crippen molar-refractivity contribution in [2.24, 2.45) is 0 Å². The zero-order valence-corrected chi connectivity index (χ0v) is 18.7. The van der Waals surface area contributed by atoms with Gasteiger partial charge in [0.2, 0.25) is 0 Å². The van der Waals surface area contributed by atoms with Crippen LogP contribution in [0.3, 0.4) is 0 Å². The molecule has 1 fully saturated rings. The van der Waals surface area contributed by atoms with E-state index in [1.54, 1.807) is 18.2 Å². The van der Waals surface area contributed by atoms with Crippen LogP contribution in [-0.2, 0) is 19.4 Å². The van der Waals surface area contributed by atoms with Crippen LogP contribution in [-0.4, -0.2) is 54.9 Å². The second kappa shape index (κ2) is 8.40. The molecule has 3 N–H and O–H groups in total. The van der Waals surface area contributed by atoms with Gasteiger partial charge in [-0.2, -0.15) is 13.2 Å². The highest BCUT2D eigenvalue weighted by molar-refractivity contribution is 7.90. The number of carbonyl (C=O) groups is 2. The summed E-state index contributed by atoms with van der Waals surface area (Å²) < 4.78 is 65.6. The van der Waals surface area contributed by atoms with Crippen molar-refractivity contribution < 1.29 is 31.2 Å². The van der Waals surface area contributed by atoms with Gasteiger partial charge in [-0.25, -0.2) is 18.9 Å². The van der Waals surface area contributed by atoms with E-state index < -0.39 is 51.5 Å². The van der Waals surface area contributed by atoms with Crippen molar-refractivity contribution in [2.45, 2.75) is 36.1 Å². The Kier molecular flexibility index (Phi) is 5.85. The molecule has 0 spiro atoms. The predicted molar refractivity (Wildman–Crippen MR) is 115 cm³/mol. The summed E-state index contributed by atoms with van der Waals surface area (Å²) in [5.74, 6) is -3.14. The first-order valence-electron chi connectivity index (χ1n) is 10.0. The fraction of sp³-hybridized carbons (Fsp3) is 0.286. The van der Waals surface area contributed by atoms with Crippen LogP contribution in [0.4, 0.5) is 18.9 Å². The number of nitrogens with zero attached hydrogens (tertiary/aromatic N) is 2. The molecule has 0 bridgehead atoms. The number of aromatic nitrogens is 1. The topological polar surface area (TPSA) is 120 Å². The van der Waals surface area contributed by atoms with Crippen molar-refractivity contribution in [1.82, 2.24) is 20.7 Å². The van der Waals surface area contributed by atoms with Crippen LogP contribution < -0.4 is 16.1 Å². The monoisotopic (exact) mass is 495 g/mol. The minimum absolute atomic E-state index is 0.0547. The standard InChI is InChI=1S/C21H20F3N5O4S/c1-11-15(19(30)27-13-10-25-9-8-14(13)34(2,32)33)20(31)29-18(26-11)16(12-6-4-3-5-7-12)17(28-29)21(22,23)24/h3-10,16-18,26,28H,1-2H3,(H,27,30). The lowest BCUT2D eigenvalue weighted by Gasteiger charge is -2.34. The molecule has 1 saturated heterocycles. The number of pyridine rings is 1. The Morgan fingerprint density at radius 2 is 1.85 bits per heavy atom. The van der Waals surface area contributed by atoms with Crippen molar-refractivity contribution in [2.75, 3.05) is 11.6 Å². The average molecular weight is 495 g/mol. The van der Waals surface area contributed by atoms with Gasteiger partial charge in [-0.1, -0.05) is 30.3 Å². The molecule has 0 radical (unpaired) electrons. The largest absolute Gasteiger partial charge is 0.406 e. The molecule has 9 nitrogen and oxygen atoms in total. The van der Waals surface area contributed by atoms with Gasteiger partial charge in [-0.3, -0.25) is 14.6 Å². The van der Waals surface area contributed by atoms with Gasteiger partial charge < -0.3 is 10.6 Å². The Bertz CT molecular complexity index is 1280. The van der Waals surface area contributed by atoms with Gasteiger partial charge in [-0.15, -0.1) is 0 Å². The number of rotatable bonds is 4. The molecule has 1 aromatic carbocycles. The smallest absolute Gasteiger partial charge is 0.366 e. The molecular weight excluding hydrogens is 475 g/mol. The molecule has 2 aliphatic rings. The fourth-order valence-electron chi connectivity index (χ4n) is 4.15. The number of anilines is 1. The lowest BCUT2D eigenvalue weighted by atomic mass is 9.89. The first kappa shape index (κ1) is 23.7. The third-order valence-corrected chi connectivity index (χ3v) is 6.78. The summed E-state index contributed by atoms with van der Waals surface area (Å²) >= 11 is 0. The summed E-state index contributed by atoms with van der Waals surface area (Å²) in [5, 5.41) is 5.95. The second-order valence-corrected chi connectivity index (χ2v) is 9.93. The molecule has 13 heteroatoms. The molecule has 0 aliphatic carbocycles. The minimum Gasteiger partial charge on any atom is -0.366 e. The number of alkyl halides is 3. The molecule has 3 heterocycles. The number of hydrazine groups is 1.